The highest BCUT2D eigenvalue weighted by Crippen LogP contribution is 2.17. The Bertz CT molecular complexity index is 921. The average Bonchev–Trinajstić information content (AvgIpc) is 3.00. The molecule has 1 atom stereocenters. The molecule has 0 aliphatic carbocycles. The van der Waals surface area contributed by atoms with Crippen LogP contribution in [0.2, 0.25) is 0 Å². The third-order valence-electron chi connectivity index (χ3n) is 3.97. The summed E-state index contributed by atoms with van der Waals surface area (Å²) in [6.45, 7) is 2.14. The van der Waals surface area contributed by atoms with E-state index in [1.807, 2.05) is 19.1 Å². The molecule has 0 bridgehead atoms. The Morgan fingerprint density at radius 3 is 2.31 bits per heavy atom. The summed E-state index contributed by atoms with van der Waals surface area (Å²) in [7, 11) is -3.84. The lowest BCUT2D eigenvalue weighted by Crippen LogP contribution is -2.37. The van der Waals surface area contributed by atoms with Gasteiger partial charge >= 0.3 is 5.97 Å². The first kappa shape index (κ1) is 18.1. The molecule has 0 saturated carbocycles. The maximum absolute atomic E-state index is 12.3. The molecule has 1 fully saturated rings. The summed E-state index contributed by atoms with van der Waals surface area (Å²) in [4.78, 5) is 23.6. The zero-order chi connectivity index (χ0) is 18.7. The molecule has 0 unspecified atom stereocenters. The van der Waals surface area contributed by atoms with Gasteiger partial charge in [-0.05, 0) is 43.3 Å². The van der Waals surface area contributed by atoms with Gasteiger partial charge in [-0.2, -0.15) is 4.72 Å². The highest BCUT2D eigenvalue weighted by Gasteiger charge is 2.31. The average molecular weight is 374 g/mol. The van der Waals surface area contributed by atoms with Gasteiger partial charge in [-0.25, -0.2) is 8.42 Å². The van der Waals surface area contributed by atoms with Gasteiger partial charge in [-0.15, -0.1) is 0 Å². The van der Waals surface area contributed by atoms with E-state index in [2.05, 4.69) is 10.0 Å². The minimum atomic E-state index is -3.84. The topological polar surface area (TPSA) is 102 Å². The molecule has 1 heterocycles. The van der Waals surface area contributed by atoms with Crippen molar-refractivity contribution in [2.75, 3.05) is 11.9 Å². The van der Waals surface area contributed by atoms with Crippen LogP contribution in [0.4, 0.5) is 5.69 Å². The Kier molecular flexibility index (Phi) is 5.06. The Hall–Kier alpha value is -2.71. The summed E-state index contributed by atoms with van der Waals surface area (Å²) < 4.78 is 31.7. The monoisotopic (exact) mass is 374 g/mol. The number of hydrogen-bond donors (Lipinski definition) is 2. The Morgan fingerprint density at radius 1 is 1.08 bits per heavy atom. The number of aryl methyl sites for hydroxylation is 1. The van der Waals surface area contributed by atoms with Crippen LogP contribution in [0.1, 0.15) is 22.3 Å². The van der Waals surface area contributed by atoms with Gasteiger partial charge in [-0.3, -0.25) is 9.59 Å². The van der Waals surface area contributed by atoms with E-state index in [1.54, 1.807) is 12.1 Å². The van der Waals surface area contributed by atoms with Gasteiger partial charge in [0.1, 0.15) is 6.04 Å². The van der Waals surface area contributed by atoms with Gasteiger partial charge in [0, 0.05) is 17.7 Å². The van der Waals surface area contributed by atoms with Crippen molar-refractivity contribution < 1.29 is 22.7 Å². The molecule has 3 rings (SSSR count). The van der Waals surface area contributed by atoms with E-state index in [0.29, 0.717) is 17.7 Å². The fourth-order valence-corrected chi connectivity index (χ4v) is 3.70. The fraction of sp³-hybridized carbons (Fsp3) is 0.222. The number of carbonyl (C=O) groups is 2. The van der Waals surface area contributed by atoms with E-state index in [4.69, 9.17) is 4.74 Å². The first-order valence-corrected chi connectivity index (χ1v) is 9.50. The largest absolute Gasteiger partial charge is 0.464 e. The number of nitrogens with one attached hydrogen (secondary N) is 2. The van der Waals surface area contributed by atoms with Gasteiger partial charge < -0.3 is 10.1 Å². The molecular formula is C18H18N2O5S. The van der Waals surface area contributed by atoms with Crippen LogP contribution in [-0.2, 0) is 19.6 Å². The highest BCUT2D eigenvalue weighted by atomic mass is 32.2. The molecule has 1 saturated heterocycles. The SMILES string of the molecule is Cc1ccc(C(=O)Nc2ccc(S(=O)(=O)N[C@H]3CCOC3=O)cc2)cc1. The molecular weight excluding hydrogens is 356 g/mol. The number of anilines is 1. The fourth-order valence-electron chi connectivity index (χ4n) is 2.48. The lowest BCUT2D eigenvalue weighted by atomic mass is 10.1. The number of cyclic esters (lactones) is 1. The summed E-state index contributed by atoms with van der Waals surface area (Å²) in [5.74, 6) is -0.858. The van der Waals surface area contributed by atoms with Crippen LogP contribution in [0.15, 0.2) is 53.4 Å². The van der Waals surface area contributed by atoms with E-state index in [1.165, 1.54) is 24.3 Å². The Balaban J connectivity index is 1.68. The smallest absolute Gasteiger partial charge is 0.324 e. The third-order valence-corrected chi connectivity index (χ3v) is 5.46. The summed E-state index contributed by atoms with van der Waals surface area (Å²) in [6, 6.07) is 12.0. The molecule has 0 radical (unpaired) electrons. The van der Waals surface area contributed by atoms with Crippen molar-refractivity contribution in [2.24, 2.45) is 0 Å². The van der Waals surface area contributed by atoms with Crippen LogP contribution in [0.3, 0.4) is 0 Å². The summed E-state index contributed by atoms with van der Waals surface area (Å²) in [5.41, 5.74) is 2.03. The molecule has 1 amide bonds. The van der Waals surface area contributed by atoms with Crippen LogP contribution in [0, 0.1) is 6.92 Å². The van der Waals surface area contributed by atoms with Crippen LogP contribution < -0.4 is 10.0 Å². The van der Waals surface area contributed by atoms with Crippen molar-refractivity contribution in [1.29, 1.82) is 0 Å². The van der Waals surface area contributed by atoms with Crippen molar-refractivity contribution in [3.05, 3.63) is 59.7 Å². The summed E-state index contributed by atoms with van der Waals surface area (Å²) in [5, 5.41) is 2.71. The van der Waals surface area contributed by atoms with Crippen molar-refractivity contribution in [2.45, 2.75) is 24.3 Å². The standard InChI is InChI=1S/C18H18N2O5S/c1-12-2-4-13(5-3-12)17(21)19-14-6-8-15(9-7-14)26(23,24)20-16-10-11-25-18(16)22/h2-9,16,20H,10-11H2,1H3,(H,19,21)/t16-/m0/s1. The third kappa shape index (κ3) is 4.09. The van der Waals surface area contributed by atoms with Crippen LogP contribution in [-0.4, -0.2) is 32.9 Å². The van der Waals surface area contributed by atoms with E-state index in [-0.39, 0.29) is 17.4 Å². The second kappa shape index (κ2) is 7.27. The number of carbonyl (C=O) groups excluding carboxylic acids is 2. The minimum absolute atomic E-state index is 0.00512. The number of amides is 1. The van der Waals surface area contributed by atoms with Crippen molar-refractivity contribution in [3.8, 4) is 0 Å². The maximum Gasteiger partial charge on any atom is 0.324 e. The van der Waals surface area contributed by atoms with E-state index in [9.17, 15) is 18.0 Å². The molecule has 2 aromatic rings. The predicted octanol–water partition coefficient (Wildman–Crippen LogP) is 1.84. The second-order valence-corrected chi connectivity index (χ2v) is 7.69. The lowest BCUT2D eigenvalue weighted by molar-refractivity contribution is -0.139. The van der Waals surface area contributed by atoms with Gasteiger partial charge in [-0.1, -0.05) is 17.7 Å². The van der Waals surface area contributed by atoms with Crippen molar-refractivity contribution >= 4 is 27.6 Å². The molecule has 1 aliphatic heterocycles. The van der Waals surface area contributed by atoms with Gasteiger partial charge in [0.2, 0.25) is 10.0 Å². The van der Waals surface area contributed by atoms with E-state index >= 15 is 0 Å². The lowest BCUT2D eigenvalue weighted by Gasteiger charge is -2.11. The Morgan fingerprint density at radius 2 is 1.73 bits per heavy atom. The van der Waals surface area contributed by atoms with E-state index in [0.717, 1.165) is 5.56 Å². The molecule has 0 aromatic heterocycles. The number of rotatable bonds is 5. The van der Waals surface area contributed by atoms with Gasteiger partial charge in [0.25, 0.3) is 5.91 Å². The van der Waals surface area contributed by atoms with Gasteiger partial charge in [0.05, 0.1) is 11.5 Å². The normalized spacial score (nSPS) is 17.0. The van der Waals surface area contributed by atoms with Crippen LogP contribution >= 0.6 is 0 Å². The second-order valence-electron chi connectivity index (χ2n) is 5.97. The molecule has 1 aliphatic rings. The van der Waals surface area contributed by atoms with Crippen molar-refractivity contribution in [3.63, 3.8) is 0 Å². The zero-order valence-electron chi connectivity index (χ0n) is 14.1. The van der Waals surface area contributed by atoms with Crippen LogP contribution in [0.25, 0.3) is 0 Å². The summed E-state index contributed by atoms with van der Waals surface area (Å²) >= 11 is 0. The first-order valence-electron chi connectivity index (χ1n) is 8.02. The summed E-state index contributed by atoms with van der Waals surface area (Å²) in [6.07, 6.45) is 0.308. The molecule has 0 spiro atoms. The molecule has 8 heteroatoms. The Labute approximate surface area is 151 Å². The minimum Gasteiger partial charge on any atom is -0.464 e. The van der Waals surface area contributed by atoms with Crippen molar-refractivity contribution in [1.82, 2.24) is 4.72 Å². The molecule has 26 heavy (non-hydrogen) atoms. The molecule has 2 aromatic carbocycles. The number of sulfonamides is 1. The molecule has 2 N–H and O–H groups in total. The zero-order valence-corrected chi connectivity index (χ0v) is 14.9. The first-order chi connectivity index (χ1) is 12.3. The van der Waals surface area contributed by atoms with E-state index < -0.39 is 22.0 Å². The maximum atomic E-state index is 12.3. The number of ether oxygens (including phenoxy) is 1. The quantitative estimate of drug-likeness (QED) is 0.778. The van der Waals surface area contributed by atoms with Gasteiger partial charge in [0.15, 0.2) is 0 Å². The molecule has 136 valence electrons. The number of benzene rings is 2. The predicted molar refractivity (Wildman–Crippen MR) is 95.3 cm³/mol. The number of esters is 1. The number of hydrogen-bond acceptors (Lipinski definition) is 5. The highest BCUT2D eigenvalue weighted by molar-refractivity contribution is 7.89. The molecule has 7 nitrogen and oxygen atoms in total. The van der Waals surface area contributed by atoms with Crippen LogP contribution in [0.5, 0.6) is 0 Å².